The monoisotopic (exact) mass is 360 g/mol. The van der Waals surface area contributed by atoms with Gasteiger partial charge < -0.3 is 9.47 Å². The Morgan fingerprint density at radius 2 is 1.32 bits per heavy atom. The molecule has 0 bridgehead atoms. The van der Waals surface area contributed by atoms with Crippen LogP contribution in [-0.2, 0) is 15.8 Å². The first-order valence-electron chi connectivity index (χ1n) is 6.65. The van der Waals surface area contributed by atoms with Gasteiger partial charge in [-0.15, -0.1) is 0 Å². The van der Waals surface area contributed by atoms with Crippen LogP contribution in [0.2, 0.25) is 0 Å². The van der Waals surface area contributed by atoms with Gasteiger partial charge in [-0.2, -0.15) is 13.2 Å². The molecule has 0 N–H and O–H groups in total. The number of ether oxygens (including phenoxy) is 2. The van der Waals surface area contributed by atoms with E-state index in [1.807, 2.05) is 0 Å². The summed E-state index contributed by atoms with van der Waals surface area (Å²) in [6, 6.07) is 4.56. The topological polar surface area (TPSA) is 52.6 Å². The summed E-state index contributed by atoms with van der Waals surface area (Å²) in [5.41, 5.74) is -0.767. The van der Waals surface area contributed by atoms with Crippen molar-refractivity contribution < 1.29 is 41.0 Å². The molecule has 0 spiro atoms. The zero-order valence-electron chi connectivity index (χ0n) is 12.5. The normalized spacial score (nSPS) is 11.1. The summed E-state index contributed by atoms with van der Waals surface area (Å²) >= 11 is 0. The lowest BCUT2D eigenvalue weighted by Crippen LogP contribution is -2.26. The number of hydrogen-bond donors (Lipinski definition) is 0. The Kier molecular flexibility index (Phi) is 5.05. The maximum Gasteiger partial charge on any atom is 0.423 e. The molecule has 0 aliphatic rings. The van der Waals surface area contributed by atoms with Gasteiger partial charge in [0.05, 0.1) is 5.56 Å². The number of carbonyl (C=O) groups is 2. The molecule has 0 aromatic heterocycles. The van der Waals surface area contributed by atoms with E-state index < -0.39 is 46.8 Å². The highest BCUT2D eigenvalue weighted by molar-refractivity contribution is 6.31. The minimum Gasteiger partial charge on any atom is -0.415 e. The van der Waals surface area contributed by atoms with Crippen LogP contribution in [0, 0.1) is 18.6 Å². The Morgan fingerprint density at radius 3 is 1.84 bits per heavy atom. The van der Waals surface area contributed by atoms with Gasteiger partial charge in [0.2, 0.25) is 0 Å². The molecule has 0 aliphatic heterocycles. The molecule has 0 radical (unpaired) electrons. The number of benzene rings is 2. The predicted octanol–water partition coefficient (Wildman–Crippen LogP) is 3.80. The number of alkyl halides is 3. The first-order chi connectivity index (χ1) is 11.6. The van der Waals surface area contributed by atoms with E-state index >= 15 is 0 Å². The van der Waals surface area contributed by atoms with Gasteiger partial charge in [-0.1, -0.05) is 6.07 Å². The molecule has 2 aromatic rings. The molecule has 2 aromatic carbocycles. The first kappa shape index (κ1) is 18.4. The molecule has 4 nitrogen and oxygen atoms in total. The van der Waals surface area contributed by atoms with Crippen molar-refractivity contribution in [2.75, 3.05) is 0 Å². The average Bonchev–Trinajstić information content (AvgIpc) is 2.51. The molecule has 0 unspecified atom stereocenters. The van der Waals surface area contributed by atoms with Gasteiger partial charge in [0, 0.05) is 0 Å². The van der Waals surface area contributed by atoms with Gasteiger partial charge in [-0.25, -0.2) is 18.4 Å². The summed E-state index contributed by atoms with van der Waals surface area (Å²) in [6.07, 6.45) is -4.81. The summed E-state index contributed by atoms with van der Waals surface area (Å²) in [6.45, 7) is 1.56. The lowest BCUT2D eigenvalue weighted by Gasteiger charge is -2.10. The van der Waals surface area contributed by atoms with E-state index in [0.29, 0.717) is 17.7 Å². The van der Waals surface area contributed by atoms with Crippen molar-refractivity contribution in [1.82, 2.24) is 0 Å². The van der Waals surface area contributed by atoms with Crippen LogP contribution in [0.3, 0.4) is 0 Å². The summed E-state index contributed by atoms with van der Waals surface area (Å²) in [7, 11) is 0. The molecule has 0 heterocycles. The van der Waals surface area contributed by atoms with Crippen LogP contribution in [0.15, 0.2) is 36.4 Å². The SMILES string of the molecule is Cc1ccc(F)c(OC(=O)C(=O)Oc2cc(C(F)(F)F)ccc2F)c1. The lowest BCUT2D eigenvalue weighted by molar-refractivity contribution is -0.156. The van der Waals surface area contributed by atoms with Crippen molar-refractivity contribution in [3.8, 4) is 11.5 Å². The summed E-state index contributed by atoms with van der Waals surface area (Å²) in [5.74, 6) is -7.46. The maximum absolute atomic E-state index is 13.5. The van der Waals surface area contributed by atoms with Gasteiger partial charge in [-0.05, 0) is 42.8 Å². The van der Waals surface area contributed by atoms with Crippen molar-refractivity contribution in [3.05, 3.63) is 59.2 Å². The van der Waals surface area contributed by atoms with E-state index in [1.165, 1.54) is 6.07 Å². The van der Waals surface area contributed by atoms with Gasteiger partial charge in [-0.3, -0.25) is 0 Å². The van der Waals surface area contributed by atoms with E-state index in [1.54, 1.807) is 6.92 Å². The molecule has 25 heavy (non-hydrogen) atoms. The van der Waals surface area contributed by atoms with Crippen LogP contribution in [0.1, 0.15) is 11.1 Å². The highest BCUT2D eigenvalue weighted by atomic mass is 19.4. The second-order valence-corrected chi connectivity index (χ2v) is 4.86. The lowest BCUT2D eigenvalue weighted by atomic mass is 10.2. The largest absolute Gasteiger partial charge is 0.423 e. The Hall–Kier alpha value is -2.97. The third-order valence-electron chi connectivity index (χ3n) is 2.92. The van der Waals surface area contributed by atoms with E-state index in [0.717, 1.165) is 12.1 Å². The zero-order valence-corrected chi connectivity index (χ0v) is 12.5. The number of aryl methyl sites for hydroxylation is 1. The number of rotatable bonds is 2. The van der Waals surface area contributed by atoms with E-state index in [2.05, 4.69) is 9.47 Å². The Labute approximate surface area is 137 Å². The van der Waals surface area contributed by atoms with Crippen molar-refractivity contribution >= 4 is 11.9 Å². The van der Waals surface area contributed by atoms with Gasteiger partial charge in [0.1, 0.15) is 0 Å². The highest BCUT2D eigenvalue weighted by Gasteiger charge is 2.32. The molecular formula is C16H9F5O4. The second kappa shape index (κ2) is 6.88. The fraction of sp³-hybridized carbons (Fsp3) is 0.125. The summed E-state index contributed by atoms with van der Waals surface area (Å²) in [5, 5.41) is 0. The first-order valence-corrected chi connectivity index (χ1v) is 6.65. The van der Waals surface area contributed by atoms with Gasteiger partial charge >= 0.3 is 18.1 Å². The minimum absolute atomic E-state index is 0.216. The molecule has 0 atom stereocenters. The van der Waals surface area contributed by atoms with Crippen molar-refractivity contribution in [3.63, 3.8) is 0 Å². The molecule has 9 heteroatoms. The fourth-order valence-electron chi connectivity index (χ4n) is 1.73. The minimum atomic E-state index is -4.81. The Balaban J connectivity index is 2.16. The third kappa shape index (κ3) is 4.52. The fourth-order valence-corrected chi connectivity index (χ4v) is 1.73. The van der Waals surface area contributed by atoms with Crippen molar-refractivity contribution in [2.45, 2.75) is 13.1 Å². The summed E-state index contributed by atoms with van der Waals surface area (Å²) < 4.78 is 73.4. The van der Waals surface area contributed by atoms with Gasteiger partial charge in [0.15, 0.2) is 23.1 Å². The highest BCUT2D eigenvalue weighted by Crippen LogP contribution is 2.32. The third-order valence-corrected chi connectivity index (χ3v) is 2.92. The van der Waals surface area contributed by atoms with E-state index in [9.17, 15) is 31.5 Å². The van der Waals surface area contributed by atoms with Crippen molar-refractivity contribution in [2.24, 2.45) is 0 Å². The van der Waals surface area contributed by atoms with Crippen LogP contribution < -0.4 is 9.47 Å². The Bertz CT molecular complexity index is 830. The molecular weight excluding hydrogens is 351 g/mol. The molecule has 0 fully saturated rings. The quantitative estimate of drug-likeness (QED) is 0.354. The van der Waals surface area contributed by atoms with Crippen LogP contribution in [0.25, 0.3) is 0 Å². The van der Waals surface area contributed by atoms with Crippen molar-refractivity contribution in [1.29, 1.82) is 0 Å². The number of halogens is 5. The number of esters is 2. The van der Waals surface area contributed by atoms with Crippen LogP contribution in [0.4, 0.5) is 22.0 Å². The number of hydrogen-bond acceptors (Lipinski definition) is 4. The van der Waals surface area contributed by atoms with E-state index in [4.69, 9.17) is 0 Å². The Morgan fingerprint density at radius 1 is 0.840 bits per heavy atom. The van der Waals surface area contributed by atoms with E-state index in [-0.39, 0.29) is 6.07 Å². The molecule has 0 amide bonds. The zero-order chi connectivity index (χ0) is 18.8. The molecule has 0 saturated heterocycles. The number of carbonyl (C=O) groups excluding carboxylic acids is 2. The van der Waals surface area contributed by atoms with Crippen LogP contribution in [0.5, 0.6) is 11.5 Å². The standard InChI is InChI=1S/C16H9F5O4/c1-8-2-4-10(17)12(6-8)24-14(22)15(23)25-13-7-9(16(19,20)21)3-5-11(13)18/h2-7H,1H3. The van der Waals surface area contributed by atoms with Crippen LogP contribution >= 0.6 is 0 Å². The average molecular weight is 360 g/mol. The molecule has 2 rings (SSSR count). The second-order valence-electron chi connectivity index (χ2n) is 4.86. The summed E-state index contributed by atoms with van der Waals surface area (Å²) in [4.78, 5) is 23.1. The molecule has 132 valence electrons. The van der Waals surface area contributed by atoms with Crippen LogP contribution in [-0.4, -0.2) is 11.9 Å². The smallest absolute Gasteiger partial charge is 0.415 e. The maximum atomic E-state index is 13.5. The van der Waals surface area contributed by atoms with Gasteiger partial charge in [0.25, 0.3) is 0 Å². The molecule has 0 aliphatic carbocycles. The molecule has 0 saturated carbocycles. The predicted molar refractivity (Wildman–Crippen MR) is 73.8 cm³/mol.